The van der Waals surface area contributed by atoms with Crippen molar-refractivity contribution < 1.29 is 14.9 Å². The molecule has 0 bridgehead atoms. The third kappa shape index (κ3) is 3.54. The van der Waals surface area contributed by atoms with Crippen molar-refractivity contribution >= 4 is 22.4 Å². The van der Waals surface area contributed by atoms with Crippen molar-refractivity contribution in [2.75, 3.05) is 13.7 Å². The van der Waals surface area contributed by atoms with Crippen molar-refractivity contribution in [3.8, 4) is 16.9 Å². The summed E-state index contributed by atoms with van der Waals surface area (Å²) in [6.07, 6.45) is 0.662. The van der Waals surface area contributed by atoms with Crippen LogP contribution in [0.2, 0.25) is 5.02 Å². The lowest BCUT2D eigenvalue weighted by atomic mass is 10.00. The molecule has 2 N–H and O–H groups in total. The molecule has 130 valence electrons. The molecule has 0 fully saturated rings. The fourth-order valence-corrected chi connectivity index (χ4v) is 3.00. The smallest absolute Gasteiger partial charge is 0.258 e. The molecule has 1 atom stereocenters. The molecule has 1 heterocycles. The molecule has 5 nitrogen and oxygen atoms in total. The molecule has 0 radical (unpaired) electrons. The number of fused-ring (bicyclic) bond motifs is 1. The molecule has 2 aromatic carbocycles. The fraction of sp³-hybridized carbons (Fsp3) is 0.211. The Morgan fingerprint density at radius 2 is 2.00 bits per heavy atom. The summed E-state index contributed by atoms with van der Waals surface area (Å²) in [6.45, 7) is -0.412. The van der Waals surface area contributed by atoms with Crippen LogP contribution in [0.4, 0.5) is 0 Å². The van der Waals surface area contributed by atoms with Crippen LogP contribution in [-0.2, 0) is 6.54 Å². The van der Waals surface area contributed by atoms with Gasteiger partial charge >= 0.3 is 0 Å². The van der Waals surface area contributed by atoms with Crippen molar-refractivity contribution in [2.45, 2.75) is 12.6 Å². The third-order valence-electron chi connectivity index (χ3n) is 4.05. The Bertz CT molecular complexity index is 967. The van der Waals surface area contributed by atoms with E-state index in [-0.39, 0.29) is 12.1 Å². The first-order valence-corrected chi connectivity index (χ1v) is 8.17. The van der Waals surface area contributed by atoms with Gasteiger partial charge in [-0.1, -0.05) is 23.7 Å². The van der Waals surface area contributed by atoms with Crippen LogP contribution in [0.3, 0.4) is 0 Å². The van der Waals surface area contributed by atoms with E-state index in [0.29, 0.717) is 16.2 Å². The van der Waals surface area contributed by atoms with Gasteiger partial charge < -0.3 is 19.5 Å². The minimum absolute atomic E-state index is 0.00483. The van der Waals surface area contributed by atoms with E-state index < -0.39 is 12.7 Å². The van der Waals surface area contributed by atoms with E-state index >= 15 is 0 Å². The van der Waals surface area contributed by atoms with Gasteiger partial charge in [-0.15, -0.1) is 0 Å². The number of nitrogens with zero attached hydrogens (tertiary/aromatic N) is 1. The summed E-state index contributed by atoms with van der Waals surface area (Å²) in [4.78, 5) is 12.7. The lowest BCUT2D eigenvalue weighted by Gasteiger charge is -2.15. The number of hydrogen-bond acceptors (Lipinski definition) is 4. The number of pyridine rings is 1. The van der Waals surface area contributed by atoms with E-state index in [1.165, 1.54) is 4.57 Å². The van der Waals surface area contributed by atoms with E-state index in [2.05, 4.69) is 0 Å². The molecule has 0 aliphatic heterocycles. The van der Waals surface area contributed by atoms with Gasteiger partial charge in [-0.05, 0) is 35.9 Å². The first-order valence-electron chi connectivity index (χ1n) is 7.79. The Balaban J connectivity index is 2.31. The van der Waals surface area contributed by atoms with E-state index in [9.17, 15) is 9.90 Å². The number of hydrogen-bond donors (Lipinski definition) is 2. The molecule has 0 spiro atoms. The van der Waals surface area contributed by atoms with Crippen LogP contribution in [0.15, 0.2) is 53.5 Å². The molecule has 3 aromatic rings. The summed E-state index contributed by atoms with van der Waals surface area (Å²) in [5, 5.41) is 20.7. The lowest BCUT2D eigenvalue weighted by molar-refractivity contribution is 0.0805. The molecule has 0 aliphatic carbocycles. The third-order valence-corrected chi connectivity index (χ3v) is 4.28. The second kappa shape index (κ2) is 7.27. The average Bonchev–Trinajstić information content (AvgIpc) is 2.63. The maximum absolute atomic E-state index is 12.7. The molecule has 25 heavy (non-hydrogen) atoms. The molecule has 0 aliphatic rings. The normalized spacial score (nSPS) is 12.3. The van der Waals surface area contributed by atoms with Crippen LogP contribution < -0.4 is 10.3 Å². The zero-order valence-electron chi connectivity index (χ0n) is 13.6. The van der Waals surface area contributed by atoms with Gasteiger partial charge in [-0.25, -0.2) is 0 Å². The second-order valence-corrected chi connectivity index (χ2v) is 6.19. The monoisotopic (exact) mass is 359 g/mol. The Kier molecular flexibility index (Phi) is 5.08. The predicted molar refractivity (Wildman–Crippen MR) is 98.3 cm³/mol. The largest absolute Gasteiger partial charge is 0.497 e. The number of ether oxygens (including phenoxy) is 1. The van der Waals surface area contributed by atoms with Gasteiger partial charge in [-0.2, -0.15) is 0 Å². The molecule has 0 saturated carbocycles. The Morgan fingerprint density at radius 1 is 1.20 bits per heavy atom. The Labute approximate surface area is 149 Å². The minimum Gasteiger partial charge on any atom is -0.497 e. The molecule has 0 unspecified atom stereocenters. The van der Waals surface area contributed by atoms with Gasteiger partial charge in [0.25, 0.3) is 5.56 Å². The highest BCUT2D eigenvalue weighted by molar-refractivity contribution is 6.30. The molecule has 0 saturated heterocycles. The number of aliphatic hydroxyl groups is 2. The van der Waals surface area contributed by atoms with Crippen molar-refractivity contribution in [1.29, 1.82) is 0 Å². The van der Waals surface area contributed by atoms with Crippen molar-refractivity contribution in [3.63, 3.8) is 0 Å². The summed E-state index contributed by atoms with van der Waals surface area (Å²) < 4.78 is 6.69. The SMILES string of the molecule is COc1ccc2c(=O)n(C[C@H](O)CO)cc(-c3cccc(Cl)c3)c2c1. The van der Waals surface area contributed by atoms with Crippen LogP contribution >= 0.6 is 11.6 Å². The molecular weight excluding hydrogens is 342 g/mol. The molecule has 3 rings (SSSR count). The van der Waals surface area contributed by atoms with Crippen LogP contribution in [-0.4, -0.2) is 34.6 Å². The van der Waals surface area contributed by atoms with Crippen LogP contribution in [0.5, 0.6) is 5.75 Å². The van der Waals surface area contributed by atoms with Crippen molar-refractivity contribution in [1.82, 2.24) is 4.57 Å². The minimum atomic E-state index is -1.01. The Hall–Kier alpha value is -2.34. The summed E-state index contributed by atoms with van der Waals surface area (Å²) in [7, 11) is 1.57. The number of aliphatic hydroxyl groups excluding tert-OH is 2. The molecule has 1 aromatic heterocycles. The van der Waals surface area contributed by atoms with Crippen LogP contribution in [0.1, 0.15) is 0 Å². The maximum atomic E-state index is 12.7. The Morgan fingerprint density at radius 3 is 2.68 bits per heavy atom. The van der Waals surface area contributed by atoms with E-state index in [1.807, 2.05) is 18.2 Å². The quantitative estimate of drug-likeness (QED) is 0.734. The highest BCUT2D eigenvalue weighted by atomic mass is 35.5. The molecule has 0 amide bonds. The van der Waals surface area contributed by atoms with Crippen molar-refractivity contribution in [3.05, 3.63) is 64.0 Å². The van der Waals surface area contributed by atoms with Gasteiger partial charge in [0.15, 0.2) is 0 Å². The van der Waals surface area contributed by atoms with Gasteiger partial charge in [-0.3, -0.25) is 4.79 Å². The number of aromatic nitrogens is 1. The van der Waals surface area contributed by atoms with E-state index in [4.69, 9.17) is 21.4 Å². The maximum Gasteiger partial charge on any atom is 0.258 e. The van der Waals surface area contributed by atoms with Crippen LogP contribution in [0.25, 0.3) is 21.9 Å². The van der Waals surface area contributed by atoms with Crippen molar-refractivity contribution in [2.24, 2.45) is 0 Å². The highest BCUT2D eigenvalue weighted by Gasteiger charge is 2.14. The van der Waals surface area contributed by atoms with Gasteiger partial charge in [0.2, 0.25) is 0 Å². The fourth-order valence-electron chi connectivity index (χ4n) is 2.80. The predicted octanol–water partition coefficient (Wildman–Crippen LogP) is 2.68. The topological polar surface area (TPSA) is 71.7 Å². The zero-order chi connectivity index (χ0) is 18.0. The van der Waals surface area contributed by atoms with E-state index in [1.54, 1.807) is 37.6 Å². The number of rotatable bonds is 5. The molecule has 6 heteroatoms. The van der Waals surface area contributed by atoms with Gasteiger partial charge in [0, 0.05) is 27.6 Å². The lowest BCUT2D eigenvalue weighted by Crippen LogP contribution is -2.28. The van der Waals surface area contributed by atoms with Gasteiger partial charge in [0.1, 0.15) is 5.75 Å². The highest BCUT2D eigenvalue weighted by Crippen LogP contribution is 2.31. The average molecular weight is 360 g/mol. The first-order chi connectivity index (χ1) is 12.0. The van der Waals surface area contributed by atoms with Crippen LogP contribution in [0, 0.1) is 0 Å². The summed E-state index contributed by atoms with van der Waals surface area (Å²) in [5.41, 5.74) is 1.40. The number of methoxy groups -OCH3 is 1. The summed E-state index contributed by atoms with van der Waals surface area (Å²) in [5.74, 6) is 0.642. The number of benzene rings is 2. The molecular formula is C19H18ClNO4. The van der Waals surface area contributed by atoms with E-state index in [0.717, 1.165) is 16.5 Å². The second-order valence-electron chi connectivity index (χ2n) is 5.76. The zero-order valence-corrected chi connectivity index (χ0v) is 14.4. The summed E-state index contributed by atoms with van der Waals surface area (Å²) >= 11 is 6.12. The standard InChI is InChI=1S/C19H18ClNO4/c1-25-15-5-6-16-17(8-15)18(12-3-2-4-13(20)7-12)10-21(19(16)24)9-14(23)11-22/h2-8,10,14,22-23H,9,11H2,1H3/t14-/m0/s1. The first kappa shape index (κ1) is 17.5. The van der Waals surface area contributed by atoms with Gasteiger partial charge in [0.05, 0.1) is 26.4 Å². The number of halogens is 1. The summed E-state index contributed by atoms with van der Waals surface area (Å²) in [6, 6.07) is 12.6.